The molecule has 0 aliphatic heterocycles. The average molecular weight is 410 g/mol. The van der Waals surface area contributed by atoms with Gasteiger partial charge in [0, 0.05) is 12.3 Å². The molecule has 0 aliphatic rings. The molecule has 2 aromatic carbocycles. The number of rotatable bonds is 7. The van der Waals surface area contributed by atoms with E-state index in [1.54, 1.807) is 18.3 Å². The van der Waals surface area contributed by atoms with Gasteiger partial charge < -0.3 is 20.4 Å². The van der Waals surface area contributed by atoms with Crippen LogP contribution in [0.15, 0.2) is 59.9 Å². The smallest absolute Gasteiger partial charge is 0.313 e. The number of carbonyl (C=O) groups excluding carboxylic acids is 2. The quantitative estimate of drug-likeness (QED) is 0.316. The van der Waals surface area contributed by atoms with Gasteiger partial charge in [-0.25, -0.2) is 4.98 Å². The number of carbonyl (C=O) groups is 2. The maximum atomic E-state index is 12.1. The first-order valence-electron chi connectivity index (χ1n) is 9.04. The lowest BCUT2D eigenvalue weighted by Gasteiger charge is -2.11. The third-order valence-electron chi connectivity index (χ3n) is 4.07. The van der Waals surface area contributed by atoms with E-state index in [4.69, 9.17) is 4.74 Å². The maximum absolute atomic E-state index is 12.1. The Kier molecular flexibility index (Phi) is 6.91. The number of ether oxygens (including phenoxy) is 1. The number of aromatic nitrogens is 2. The number of nitrogens with zero attached hydrogens (tertiary/aromatic N) is 1. The van der Waals surface area contributed by atoms with Gasteiger partial charge in [-0.15, -0.1) is 0 Å². The second kappa shape index (κ2) is 9.79. The van der Waals surface area contributed by atoms with Crippen LogP contribution in [0.5, 0.6) is 5.75 Å². The van der Waals surface area contributed by atoms with E-state index < -0.39 is 11.8 Å². The van der Waals surface area contributed by atoms with E-state index >= 15 is 0 Å². The number of thioether (sulfide) groups is 1. The Morgan fingerprint density at radius 1 is 1.14 bits per heavy atom. The largest absolute Gasteiger partial charge is 0.495 e. The Hall–Kier alpha value is -3.26. The fourth-order valence-electron chi connectivity index (χ4n) is 2.63. The summed E-state index contributed by atoms with van der Waals surface area (Å²) in [5.41, 5.74) is 3.41. The number of hydrogen-bond donors (Lipinski definition) is 3. The third kappa shape index (κ3) is 5.61. The van der Waals surface area contributed by atoms with Crippen molar-refractivity contribution in [3.05, 3.63) is 60.3 Å². The number of methoxy groups -OCH3 is 1. The van der Waals surface area contributed by atoms with Gasteiger partial charge in [0.1, 0.15) is 5.75 Å². The number of anilines is 1. The fourth-order valence-corrected chi connectivity index (χ4v) is 3.34. The van der Waals surface area contributed by atoms with Crippen LogP contribution < -0.4 is 15.4 Å². The molecule has 2 amide bonds. The summed E-state index contributed by atoms with van der Waals surface area (Å²) in [5, 5.41) is 5.95. The Morgan fingerprint density at radius 3 is 2.69 bits per heavy atom. The monoisotopic (exact) mass is 410 g/mol. The number of nitrogens with one attached hydrogen (secondary N) is 3. The highest BCUT2D eigenvalue weighted by Crippen LogP contribution is 2.25. The zero-order chi connectivity index (χ0) is 20.6. The topological polar surface area (TPSA) is 96.1 Å². The molecule has 3 rings (SSSR count). The van der Waals surface area contributed by atoms with Crippen LogP contribution in [-0.4, -0.2) is 41.2 Å². The number of H-pyrrole nitrogens is 1. The fraction of sp³-hybridized carbons (Fsp3) is 0.190. The molecule has 3 aromatic rings. The second-order valence-electron chi connectivity index (χ2n) is 6.23. The van der Waals surface area contributed by atoms with Gasteiger partial charge in [-0.1, -0.05) is 48.2 Å². The summed E-state index contributed by atoms with van der Waals surface area (Å²) in [6.45, 7) is 2.23. The van der Waals surface area contributed by atoms with Gasteiger partial charge in [0.05, 0.1) is 24.7 Å². The third-order valence-corrected chi connectivity index (χ3v) is 4.96. The SMILES string of the molecule is COc1ccc(C)cc1NC(=O)C(=O)NCCSc1ncc(-c2ccccc2)[nH]1. The van der Waals surface area contributed by atoms with Crippen molar-refractivity contribution < 1.29 is 14.3 Å². The van der Waals surface area contributed by atoms with E-state index in [0.29, 0.717) is 23.7 Å². The second-order valence-corrected chi connectivity index (χ2v) is 7.31. The van der Waals surface area contributed by atoms with Gasteiger partial charge in [-0.2, -0.15) is 0 Å². The van der Waals surface area contributed by atoms with Crippen LogP contribution in [0.4, 0.5) is 5.69 Å². The molecule has 0 saturated heterocycles. The minimum absolute atomic E-state index is 0.337. The lowest BCUT2D eigenvalue weighted by Crippen LogP contribution is -2.36. The summed E-state index contributed by atoms with van der Waals surface area (Å²) >= 11 is 1.47. The van der Waals surface area contributed by atoms with E-state index in [2.05, 4.69) is 20.6 Å². The summed E-state index contributed by atoms with van der Waals surface area (Å²) < 4.78 is 5.20. The van der Waals surface area contributed by atoms with Crippen LogP contribution in [0.1, 0.15) is 5.56 Å². The molecule has 0 bridgehead atoms. The molecular weight excluding hydrogens is 388 g/mol. The van der Waals surface area contributed by atoms with Gasteiger partial charge in [0.25, 0.3) is 0 Å². The highest BCUT2D eigenvalue weighted by Gasteiger charge is 2.15. The van der Waals surface area contributed by atoms with E-state index in [1.807, 2.05) is 43.3 Å². The molecule has 3 N–H and O–H groups in total. The van der Waals surface area contributed by atoms with Crippen LogP contribution in [-0.2, 0) is 9.59 Å². The molecule has 0 aliphatic carbocycles. The van der Waals surface area contributed by atoms with Gasteiger partial charge in [-0.05, 0) is 30.2 Å². The Balaban J connectivity index is 1.45. The van der Waals surface area contributed by atoms with E-state index in [0.717, 1.165) is 22.0 Å². The van der Waals surface area contributed by atoms with Crippen LogP contribution in [0.3, 0.4) is 0 Å². The van der Waals surface area contributed by atoms with Crippen molar-refractivity contribution in [3.8, 4) is 17.0 Å². The first kappa shape index (κ1) is 20.5. The Bertz CT molecular complexity index is 989. The molecule has 150 valence electrons. The Labute approximate surface area is 173 Å². The predicted molar refractivity (Wildman–Crippen MR) is 114 cm³/mol. The van der Waals surface area contributed by atoms with Crippen molar-refractivity contribution in [2.24, 2.45) is 0 Å². The predicted octanol–water partition coefficient (Wildman–Crippen LogP) is 3.24. The van der Waals surface area contributed by atoms with Gasteiger partial charge in [0.15, 0.2) is 5.16 Å². The highest BCUT2D eigenvalue weighted by atomic mass is 32.2. The summed E-state index contributed by atoms with van der Waals surface area (Å²) in [5.74, 6) is -0.352. The molecule has 0 fully saturated rings. The van der Waals surface area contributed by atoms with E-state index in [-0.39, 0.29) is 0 Å². The summed E-state index contributed by atoms with van der Waals surface area (Å²) in [4.78, 5) is 31.7. The van der Waals surface area contributed by atoms with Crippen molar-refractivity contribution in [1.29, 1.82) is 0 Å². The van der Waals surface area contributed by atoms with Crippen LogP contribution >= 0.6 is 11.8 Å². The zero-order valence-corrected chi connectivity index (χ0v) is 17.0. The number of aryl methyl sites for hydroxylation is 1. The van der Waals surface area contributed by atoms with Crippen molar-refractivity contribution >= 4 is 29.3 Å². The van der Waals surface area contributed by atoms with Crippen molar-refractivity contribution in [3.63, 3.8) is 0 Å². The minimum atomic E-state index is -0.733. The van der Waals surface area contributed by atoms with Crippen molar-refractivity contribution in [1.82, 2.24) is 15.3 Å². The van der Waals surface area contributed by atoms with Crippen LogP contribution in [0, 0.1) is 6.92 Å². The number of imidazole rings is 1. The van der Waals surface area contributed by atoms with Gasteiger partial charge in [0.2, 0.25) is 0 Å². The van der Waals surface area contributed by atoms with E-state index in [9.17, 15) is 9.59 Å². The normalized spacial score (nSPS) is 10.4. The molecule has 1 heterocycles. The number of hydrogen-bond acceptors (Lipinski definition) is 5. The van der Waals surface area contributed by atoms with Crippen LogP contribution in [0.25, 0.3) is 11.3 Å². The highest BCUT2D eigenvalue weighted by molar-refractivity contribution is 7.99. The summed E-state index contributed by atoms with van der Waals surface area (Å²) in [6, 6.07) is 15.3. The Morgan fingerprint density at radius 2 is 1.93 bits per heavy atom. The minimum Gasteiger partial charge on any atom is -0.495 e. The molecular formula is C21H22N4O3S. The average Bonchev–Trinajstić information content (AvgIpc) is 3.21. The summed E-state index contributed by atoms with van der Waals surface area (Å²) in [7, 11) is 1.51. The van der Waals surface area contributed by atoms with Crippen LogP contribution in [0.2, 0.25) is 0 Å². The molecule has 0 radical (unpaired) electrons. The van der Waals surface area contributed by atoms with Crippen molar-refractivity contribution in [2.75, 3.05) is 24.7 Å². The standard InChI is InChI=1S/C21H22N4O3S/c1-14-8-9-18(28-2)16(12-14)24-20(27)19(26)22-10-11-29-21-23-13-17(25-21)15-6-4-3-5-7-15/h3-9,12-13H,10-11H2,1-2H3,(H,22,26)(H,23,25)(H,24,27). The molecule has 1 aromatic heterocycles. The molecule has 29 heavy (non-hydrogen) atoms. The molecule has 0 atom stereocenters. The number of benzene rings is 2. The first-order valence-corrected chi connectivity index (χ1v) is 10.0. The summed E-state index contributed by atoms with van der Waals surface area (Å²) in [6.07, 6.45) is 1.78. The molecule has 0 unspecified atom stereocenters. The maximum Gasteiger partial charge on any atom is 0.313 e. The molecule has 7 nitrogen and oxygen atoms in total. The molecule has 0 spiro atoms. The molecule has 8 heteroatoms. The molecule has 0 saturated carbocycles. The lowest BCUT2D eigenvalue weighted by molar-refractivity contribution is -0.136. The number of aromatic amines is 1. The zero-order valence-electron chi connectivity index (χ0n) is 16.2. The van der Waals surface area contributed by atoms with Gasteiger partial charge in [-0.3, -0.25) is 9.59 Å². The number of amides is 2. The van der Waals surface area contributed by atoms with E-state index in [1.165, 1.54) is 18.9 Å². The lowest BCUT2D eigenvalue weighted by atomic mass is 10.2. The van der Waals surface area contributed by atoms with Crippen molar-refractivity contribution in [2.45, 2.75) is 12.1 Å². The van der Waals surface area contributed by atoms with Gasteiger partial charge >= 0.3 is 11.8 Å². The first-order chi connectivity index (χ1) is 14.1.